The van der Waals surface area contributed by atoms with Crippen LogP contribution in [0, 0.1) is 6.92 Å². The van der Waals surface area contributed by atoms with Crippen molar-refractivity contribution in [2.24, 2.45) is 0 Å². The molecular formula is C31H38BrN3O5S. The molecule has 8 nitrogen and oxygen atoms in total. The lowest BCUT2D eigenvalue weighted by Crippen LogP contribution is -2.53. The van der Waals surface area contributed by atoms with Gasteiger partial charge >= 0.3 is 0 Å². The zero-order valence-electron chi connectivity index (χ0n) is 24.1. The third-order valence-corrected chi connectivity index (χ3v) is 8.85. The molecule has 0 saturated heterocycles. The Balaban J connectivity index is 2.07. The third-order valence-electron chi connectivity index (χ3n) is 6.54. The van der Waals surface area contributed by atoms with Gasteiger partial charge in [0.25, 0.3) is 10.0 Å². The van der Waals surface area contributed by atoms with Gasteiger partial charge in [-0.1, -0.05) is 47.1 Å². The quantitative estimate of drug-likeness (QED) is 0.258. The molecule has 3 rings (SSSR count). The third kappa shape index (κ3) is 8.33. The number of rotatable bonds is 13. The Morgan fingerprint density at radius 1 is 0.951 bits per heavy atom. The molecule has 0 bridgehead atoms. The van der Waals surface area contributed by atoms with Gasteiger partial charge in [0.2, 0.25) is 11.8 Å². The second-order valence-electron chi connectivity index (χ2n) is 9.93. The summed E-state index contributed by atoms with van der Waals surface area (Å²) >= 11 is 3.35. The van der Waals surface area contributed by atoms with E-state index in [2.05, 4.69) is 21.2 Å². The Morgan fingerprint density at radius 2 is 1.59 bits per heavy atom. The fourth-order valence-electron chi connectivity index (χ4n) is 4.41. The molecule has 0 heterocycles. The molecule has 0 aromatic heterocycles. The van der Waals surface area contributed by atoms with Crippen molar-refractivity contribution >= 4 is 43.5 Å². The predicted octanol–water partition coefficient (Wildman–Crippen LogP) is 5.68. The molecule has 0 aliphatic heterocycles. The Kier molecular flexibility index (Phi) is 11.4. The first kappa shape index (κ1) is 32.1. The van der Waals surface area contributed by atoms with Crippen LogP contribution in [0.1, 0.15) is 45.2 Å². The van der Waals surface area contributed by atoms with Gasteiger partial charge in [-0.05, 0) is 93.8 Å². The number of nitrogens with one attached hydrogen (secondary N) is 1. The predicted molar refractivity (Wildman–Crippen MR) is 165 cm³/mol. The number of sulfonamides is 1. The summed E-state index contributed by atoms with van der Waals surface area (Å²) in [5.74, 6) is -0.192. The number of carbonyl (C=O) groups excluding carboxylic acids is 2. The van der Waals surface area contributed by atoms with Gasteiger partial charge in [0.05, 0.1) is 17.2 Å². The fraction of sp³-hybridized carbons (Fsp3) is 0.355. The minimum atomic E-state index is -4.15. The molecule has 220 valence electrons. The van der Waals surface area contributed by atoms with Gasteiger partial charge in [0.1, 0.15) is 18.3 Å². The van der Waals surface area contributed by atoms with Gasteiger partial charge < -0.3 is 15.0 Å². The zero-order chi connectivity index (χ0) is 30.2. The number of carbonyl (C=O) groups is 2. The molecular weight excluding hydrogens is 606 g/mol. The minimum absolute atomic E-state index is 0.0393. The van der Waals surface area contributed by atoms with Crippen molar-refractivity contribution in [3.8, 4) is 5.75 Å². The Labute approximate surface area is 251 Å². The van der Waals surface area contributed by atoms with E-state index in [4.69, 9.17) is 4.74 Å². The molecule has 0 spiro atoms. The van der Waals surface area contributed by atoms with E-state index in [9.17, 15) is 18.0 Å². The number of benzene rings is 3. The average Bonchev–Trinajstić information content (AvgIpc) is 2.93. The molecule has 0 fully saturated rings. The monoisotopic (exact) mass is 643 g/mol. The van der Waals surface area contributed by atoms with Gasteiger partial charge in [0, 0.05) is 17.1 Å². The van der Waals surface area contributed by atoms with Crippen LogP contribution in [0.2, 0.25) is 0 Å². The van der Waals surface area contributed by atoms with E-state index < -0.39 is 28.5 Å². The highest BCUT2D eigenvalue weighted by Gasteiger charge is 2.34. The van der Waals surface area contributed by atoms with Crippen molar-refractivity contribution < 1.29 is 22.7 Å². The molecule has 0 saturated carbocycles. The lowest BCUT2D eigenvalue weighted by molar-refractivity contribution is -0.140. The van der Waals surface area contributed by atoms with E-state index in [1.54, 1.807) is 36.4 Å². The summed E-state index contributed by atoms with van der Waals surface area (Å²) in [6, 6.07) is 19.5. The van der Waals surface area contributed by atoms with Crippen LogP contribution in [0.25, 0.3) is 0 Å². The molecule has 10 heteroatoms. The maximum absolute atomic E-state index is 14.1. The van der Waals surface area contributed by atoms with E-state index in [-0.39, 0.29) is 23.4 Å². The van der Waals surface area contributed by atoms with Crippen molar-refractivity contribution in [2.75, 3.05) is 17.5 Å². The van der Waals surface area contributed by atoms with Crippen LogP contribution in [0.4, 0.5) is 5.69 Å². The Bertz CT molecular complexity index is 1430. The summed E-state index contributed by atoms with van der Waals surface area (Å²) in [6.45, 7) is 9.48. The highest BCUT2D eigenvalue weighted by molar-refractivity contribution is 9.10. The molecule has 0 aliphatic rings. The summed E-state index contributed by atoms with van der Waals surface area (Å²) < 4.78 is 35.3. The molecule has 0 radical (unpaired) electrons. The van der Waals surface area contributed by atoms with Crippen LogP contribution in [-0.4, -0.2) is 50.4 Å². The van der Waals surface area contributed by atoms with Crippen LogP contribution in [0.5, 0.6) is 5.75 Å². The molecule has 0 aliphatic carbocycles. The SMILES string of the molecule is CCOc1ccc(N(CC(=O)N(Cc2ccccc2C)[C@@H](CC)C(=O)NC(C)C)S(=O)(=O)c2ccc(Br)cc2)cc1. The Morgan fingerprint density at radius 3 is 2.15 bits per heavy atom. The first-order chi connectivity index (χ1) is 19.5. The standard InChI is InChI=1S/C31H38BrN3O5S/c1-6-29(31(37)33-22(3)4)34(20-24-11-9-8-10-23(24)5)30(36)21-35(26-14-16-27(17-15-26)40-7-2)41(38,39)28-18-12-25(32)13-19-28/h8-19,22,29H,6-7,20-21H2,1-5H3,(H,33,37)/t29-/m0/s1. The molecule has 2 amide bonds. The second kappa shape index (κ2) is 14.5. The van der Waals surface area contributed by atoms with Gasteiger partial charge in [-0.15, -0.1) is 0 Å². The Hall–Kier alpha value is -3.37. The molecule has 3 aromatic carbocycles. The van der Waals surface area contributed by atoms with E-state index >= 15 is 0 Å². The van der Waals surface area contributed by atoms with Crippen LogP contribution < -0.4 is 14.4 Å². The lowest BCUT2D eigenvalue weighted by atomic mass is 10.1. The zero-order valence-corrected chi connectivity index (χ0v) is 26.5. The van der Waals surface area contributed by atoms with E-state index in [1.807, 2.05) is 58.9 Å². The summed E-state index contributed by atoms with van der Waals surface area (Å²) in [5, 5.41) is 2.91. The van der Waals surface area contributed by atoms with Gasteiger partial charge in [0.15, 0.2) is 0 Å². The molecule has 1 atom stereocenters. The van der Waals surface area contributed by atoms with Crippen LogP contribution in [-0.2, 0) is 26.2 Å². The second-order valence-corrected chi connectivity index (χ2v) is 12.7. The topological polar surface area (TPSA) is 96.0 Å². The molecule has 3 aromatic rings. The summed E-state index contributed by atoms with van der Waals surface area (Å²) in [6.07, 6.45) is 0.360. The smallest absolute Gasteiger partial charge is 0.264 e. The van der Waals surface area contributed by atoms with Crippen LogP contribution in [0.15, 0.2) is 82.2 Å². The van der Waals surface area contributed by atoms with E-state index in [0.29, 0.717) is 24.5 Å². The van der Waals surface area contributed by atoms with Crippen LogP contribution >= 0.6 is 15.9 Å². The highest BCUT2D eigenvalue weighted by Crippen LogP contribution is 2.28. The molecule has 1 N–H and O–H groups in total. The maximum Gasteiger partial charge on any atom is 0.264 e. The number of hydrogen-bond acceptors (Lipinski definition) is 5. The number of amides is 2. The van der Waals surface area contributed by atoms with E-state index in [1.165, 1.54) is 17.0 Å². The lowest BCUT2D eigenvalue weighted by Gasteiger charge is -2.34. The number of nitrogens with zero attached hydrogens (tertiary/aromatic N) is 2. The van der Waals surface area contributed by atoms with Crippen LogP contribution in [0.3, 0.4) is 0 Å². The number of aryl methyl sites for hydroxylation is 1. The van der Waals surface area contributed by atoms with Gasteiger partial charge in [-0.25, -0.2) is 8.42 Å². The number of anilines is 1. The van der Waals surface area contributed by atoms with Gasteiger partial charge in [-0.2, -0.15) is 0 Å². The molecule has 0 unspecified atom stereocenters. The number of halogens is 1. The maximum atomic E-state index is 14.1. The van der Waals surface area contributed by atoms with Crippen molar-refractivity contribution in [2.45, 2.75) is 64.6 Å². The van der Waals surface area contributed by atoms with Crippen molar-refractivity contribution in [3.63, 3.8) is 0 Å². The fourth-order valence-corrected chi connectivity index (χ4v) is 6.09. The largest absolute Gasteiger partial charge is 0.494 e. The first-order valence-electron chi connectivity index (χ1n) is 13.6. The van der Waals surface area contributed by atoms with Gasteiger partial charge in [-0.3, -0.25) is 13.9 Å². The minimum Gasteiger partial charge on any atom is -0.494 e. The van der Waals surface area contributed by atoms with Crippen molar-refractivity contribution in [1.82, 2.24) is 10.2 Å². The summed E-state index contributed by atoms with van der Waals surface area (Å²) in [4.78, 5) is 28.9. The summed E-state index contributed by atoms with van der Waals surface area (Å²) in [7, 11) is -4.15. The average molecular weight is 645 g/mol. The molecule has 41 heavy (non-hydrogen) atoms. The van der Waals surface area contributed by atoms with Crippen molar-refractivity contribution in [3.05, 3.63) is 88.4 Å². The number of hydrogen-bond donors (Lipinski definition) is 1. The van der Waals surface area contributed by atoms with Crippen molar-refractivity contribution in [1.29, 1.82) is 0 Å². The normalized spacial score (nSPS) is 12.1. The number of ether oxygens (including phenoxy) is 1. The summed E-state index contributed by atoms with van der Waals surface area (Å²) in [5.41, 5.74) is 2.15. The van der Waals surface area contributed by atoms with E-state index in [0.717, 1.165) is 19.9 Å². The first-order valence-corrected chi connectivity index (χ1v) is 15.9. The highest BCUT2D eigenvalue weighted by atomic mass is 79.9.